The maximum Gasteiger partial charge on any atom is 0.386 e. The number of nitrogens with two attached hydrogens (primary N) is 1. The van der Waals surface area contributed by atoms with E-state index in [-0.39, 0.29) is 53.9 Å². The largest absolute Gasteiger partial charge is 0.386 e. The molecule has 3 fully saturated rings. The molecule has 9 atom stereocenters. The number of nitrogen functional groups attached to an aromatic ring is 1. The van der Waals surface area contributed by atoms with Gasteiger partial charge in [-0.3, -0.25) is 41.8 Å². The number of carbonyl (C=O) groups is 1. The number of anilines is 1. The fourth-order valence-electron chi connectivity index (χ4n) is 5.41. The van der Waals surface area contributed by atoms with Crippen LogP contribution in [0.1, 0.15) is 35.8 Å². The number of Topliss-reactive ketones (excluding diaryl/α,β-unsaturated/α-hetero) is 1. The van der Waals surface area contributed by atoms with Crippen LogP contribution in [0.5, 0.6) is 0 Å². The first-order chi connectivity index (χ1) is 20.9. The third-order valence-corrected chi connectivity index (χ3v) is 10.6. The zero-order chi connectivity index (χ0) is 31.0. The molecule has 0 aliphatic carbocycles. The summed E-state index contributed by atoms with van der Waals surface area (Å²) in [6.07, 6.45) is -4.15. The second-order valence-corrected chi connectivity index (χ2v) is 16.0. The van der Waals surface area contributed by atoms with Gasteiger partial charge < -0.3 is 20.3 Å². The van der Waals surface area contributed by atoms with Gasteiger partial charge in [-0.05, 0) is 0 Å². The van der Waals surface area contributed by atoms with Crippen LogP contribution in [0.25, 0.3) is 11.2 Å². The van der Waals surface area contributed by atoms with E-state index in [4.69, 9.17) is 33.3 Å². The SMILES string of the molecule is Nc1nc2c(ncn2[C@@H]2O[C@@H]3CO[P@@](=O)(S)O[C@H]4[C@@H](O)[C@H](n5cnc6c5N=CCC6=O)O[C@@H]4CO[P@@](=O)(S)O[C@@H]2C3)c(=O)[nH]1. The van der Waals surface area contributed by atoms with E-state index in [0.29, 0.717) is 0 Å². The van der Waals surface area contributed by atoms with Crippen molar-refractivity contribution in [3.8, 4) is 0 Å². The Kier molecular flexibility index (Phi) is 7.65. The zero-order valence-corrected chi connectivity index (χ0v) is 25.8. The Morgan fingerprint density at radius 2 is 1.75 bits per heavy atom. The van der Waals surface area contributed by atoms with E-state index >= 15 is 0 Å². The number of thiol groups is 2. The standard InChI is InChI=1S/C21H24N8O11P2S2/c22-21-26-17-13(18(32)27-21)25-7-29(17)19-10-3-8(37-19)4-35-42(34,44)40-15-11(5-36-41(33,43)39-10)38-20(14(15)31)28-6-24-12-9(30)1-2-23-16(12)28/h2,6-8,10-11,14-15,19-20,31H,1,3-5H2,(H,33,43)(H,34,44)(H3,22,26,27,32)/t8-,10+,11+,14+,15+,19+,20+,41+,42+/m0/s1. The molecule has 4 N–H and O–H groups in total. The first-order valence-electron chi connectivity index (χ1n) is 13.0. The fraction of sp³-hybridized carbons (Fsp3) is 0.524. The normalized spacial score (nSPS) is 37.7. The lowest BCUT2D eigenvalue weighted by molar-refractivity contribution is -0.0575. The molecule has 236 valence electrons. The minimum Gasteiger partial charge on any atom is -0.386 e. The van der Waals surface area contributed by atoms with Crippen molar-refractivity contribution in [2.45, 2.75) is 55.8 Å². The lowest BCUT2D eigenvalue weighted by Gasteiger charge is -2.26. The van der Waals surface area contributed by atoms with Gasteiger partial charge in [-0.25, -0.2) is 24.1 Å². The van der Waals surface area contributed by atoms with Gasteiger partial charge in [-0.2, -0.15) is 4.98 Å². The number of rotatable bonds is 2. The van der Waals surface area contributed by atoms with Crippen molar-refractivity contribution in [3.05, 3.63) is 28.7 Å². The molecule has 2 bridgehead atoms. The number of ether oxygens (including phenoxy) is 2. The number of carbonyl (C=O) groups excluding carboxylic acids is 1. The molecule has 4 aliphatic rings. The summed E-state index contributed by atoms with van der Waals surface area (Å²) in [6.45, 7) is -9.25. The lowest BCUT2D eigenvalue weighted by atomic mass is 10.1. The number of ketones is 1. The summed E-state index contributed by atoms with van der Waals surface area (Å²) in [5.41, 5.74) is 5.27. The molecule has 3 aromatic rings. The molecule has 4 aliphatic heterocycles. The molecule has 0 aromatic carbocycles. The van der Waals surface area contributed by atoms with Gasteiger partial charge in [-0.15, -0.1) is 0 Å². The second kappa shape index (κ2) is 11.1. The van der Waals surface area contributed by atoms with E-state index < -0.39 is 68.7 Å². The molecule has 19 nitrogen and oxygen atoms in total. The van der Waals surface area contributed by atoms with Crippen LogP contribution >= 0.6 is 38.1 Å². The molecule has 7 rings (SSSR count). The molecule has 3 aromatic heterocycles. The quantitative estimate of drug-likeness (QED) is 0.188. The monoisotopic (exact) mass is 690 g/mol. The molecule has 44 heavy (non-hydrogen) atoms. The fourth-order valence-corrected chi connectivity index (χ4v) is 8.42. The van der Waals surface area contributed by atoms with Gasteiger partial charge in [-0.1, -0.05) is 24.5 Å². The lowest BCUT2D eigenvalue weighted by Crippen LogP contribution is -2.35. The van der Waals surface area contributed by atoms with Crippen molar-refractivity contribution in [2.24, 2.45) is 4.99 Å². The van der Waals surface area contributed by atoms with Crippen molar-refractivity contribution < 1.29 is 46.6 Å². The number of aliphatic hydroxyl groups is 1. The molecule has 0 amide bonds. The molecule has 7 heterocycles. The number of hydrogen-bond donors (Lipinski definition) is 5. The van der Waals surface area contributed by atoms with Crippen molar-refractivity contribution in [3.63, 3.8) is 0 Å². The van der Waals surface area contributed by atoms with Crippen LogP contribution in [-0.2, 0) is 36.7 Å². The Hall–Kier alpha value is -2.42. The number of aliphatic hydroxyl groups excluding tert-OH is 1. The van der Waals surface area contributed by atoms with Gasteiger partial charge in [0.05, 0.1) is 32.0 Å². The van der Waals surface area contributed by atoms with Gasteiger partial charge >= 0.3 is 13.6 Å². The first-order valence-corrected chi connectivity index (χ1v) is 18.4. The van der Waals surface area contributed by atoms with E-state index in [1.54, 1.807) is 0 Å². The topological polar surface area (TPSA) is 247 Å². The van der Waals surface area contributed by atoms with Gasteiger partial charge in [0, 0.05) is 19.1 Å². The maximum atomic E-state index is 13.5. The number of aromatic amines is 1. The third kappa shape index (κ3) is 5.49. The molecular weight excluding hydrogens is 666 g/mol. The van der Waals surface area contributed by atoms with Crippen LogP contribution in [0, 0.1) is 0 Å². The zero-order valence-electron chi connectivity index (χ0n) is 22.2. The van der Waals surface area contributed by atoms with E-state index in [2.05, 4.69) is 49.4 Å². The number of aromatic nitrogens is 6. The highest BCUT2D eigenvalue weighted by molar-refractivity contribution is 8.44. The highest BCUT2D eigenvalue weighted by Crippen LogP contribution is 2.60. The number of aliphatic imine (C=N–C) groups is 1. The average molecular weight is 691 g/mol. The summed E-state index contributed by atoms with van der Waals surface area (Å²) < 4.78 is 64.1. The van der Waals surface area contributed by atoms with Crippen LogP contribution in [-0.4, -0.2) is 89.9 Å². The number of nitrogens with zero attached hydrogens (tertiary/aromatic N) is 6. The van der Waals surface area contributed by atoms with Gasteiger partial charge in [0.2, 0.25) is 5.95 Å². The summed E-state index contributed by atoms with van der Waals surface area (Å²) in [7, 11) is 0. The Labute approximate surface area is 256 Å². The van der Waals surface area contributed by atoms with E-state index in [0.717, 1.165) is 0 Å². The summed E-state index contributed by atoms with van der Waals surface area (Å²) in [4.78, 5) is 43.4. The number of H-pyrrole nitrogens is 1. The van der Waals surface area contributed by atoms with Gasteiger partial charge in [0.15, 0.2) is 40.9 Å². The predicted molar refractivity (Wildman–Crippen MR) is 155 cm³/mol. The third-order valence-electron chi connectivity index (χ3n) is 7.32. The first kappa shape index (κ1) is 30.2. The number of fused-ring (bicyclic) bond motifs is 5. The van der Waals surface area contributed by atoms with Crippen LogP contribution in [0.15, 0.2) is 22.4 Å². The van der Waals surface area contributed by atoms with Crippen LogP contribution < -0.4 is 11.3 Å². The van der Waals surface area contributed by atoms with E-state index in [9.17, 15) is 23.8 Å². The van der Waals surface area contributed by atoms with E-state index in [1.807, 2.05) is 0 Å². The molecule has 23 heteroatoms. The number of hydrogen-bond acceptors (Lipinski definition) is 16. The van der Waals surface area contributed by atoms with E-state index in [1.165, 1.54) is 28.0 Å². The average Bonchev–Trinajstić information content (AvgIpc) is 3.72. The summed E-state index contributed by atoms with van der Waals surface area (Å²) >= 11 is 8.22. The summed E-state index contributed by atoms with van der Waals surface area (Å²) in [5, 5.41) is 11.2. The molecule has 0 radical (unpaired) electrons. The molecular formula is C21H24N8O11P2S2. The smallest absolute Gasteiger partial charge is 0.386 e. The summed E-state index contributed by atoms with van der Waals surface area (Å²) in [6, 6.07) is 0. The minimum absolute atomic E-state index is 0.0269. The Morgan fingerprint density at radius 3 is 2.57 bits per heavy atom. The van der Waals surface area contributed by atoms with Crippen molar-refractivity contribution >= 4 is 73.0 Å². The van der Waals surface area contributed by atoms with Gasteiger partial charge in [0.1, 0.15) is 24.4 Å². The number of imidazole rings is 2. The predicted octanol–water partition coefficient (Wildman–Crippen LogP) is 1.33. The Bertz CT molecular complexity index is 1830. The van der Waals surface area contributed by atoms with Crippen molar-refractivity contribution in [1.82, 2.24) is 29.1 Å². The molecule has 0 unspecified atom stereocenters. The van der Waals surface area contributed by atoms with Crippen LogP contribution in [0.4, 0.5) is 11.8 Å². The highest BCUT2D eigenvalue weighted by Gasteiger charge is 2.51. The minimum atomic E-state index is -4.20. The maximum absolute atomic E-state index is 13.5. The molecule has 0 spiro atoms. The Morgan fingerprint density at radius 1 is 1.00 bits per heavy atom. The highest BCUT2D eigenvalue weighted by atomic mass is 32.7. The van der Waals surface area contributed by atoms with Crippen molar-refractivity contribution in [1.29, 1.82) is 0 Å². The molecule has 0 saturated carbocycles. The van der Waals surface area contributed by atoms with Crippen LogP contribution in [0.3, 0.4) is 0 Å². The van der Waals surface area contributed by atoms with Gasteiger partial charge in [0.25, 0.3) is 5.56 Å². The second-order valence-electron chi connectivity index (χ2n) is 10.2. The summed E-state index contributed by atoms with van der Waals surface area (Å²) in [5.74, 6) is -0.285. The van der Waals surface area contributed by atoms with Crippen molar-refractivity contribution in [2.75, 3.05) is 18.9 Å². The molecule has 3 saturated heterocycles. The number of nitrogens with one attached hydrogen (secondary N) is 1. The van der Waals surface area contributed by atoms with Crippen LogP contribution in [0.2, 0.25) is 0 Å². The Balaban J connectivity index is 1.18.